The Morgan fingerprint density at radius 1 is 0.976 bits per heavy atom. The molecule has 41 heavy (non-hydrogen) atoms. The number of piperidine rings is 1. The van der Waals surface area contributed by atoms with Crippen LogP contribution in [0.3, 0.4) is 0 Å². The number of rotatable bonds is 6. The summed E-state index contributed by atoms with van der Waals surface area (Å²) < 4.78 is 5.86. The van der Waals surface area contributed by atoms with Gasteiger partial charge in [0.15, 0.2) is 0 Å². The van der Waals surface area contributed by atoms with Crippen molar-refractivity contribution >= 4 is 17.5 Å². The molecule has 1 saturated heterocycles. The molecule has 0 bridgehead atoms. The minimum atomic E-state index is 0.0338. The summed E-state index contributed by atoms with van der Waals surface area (Å²) in [5.74, 6) is 2.98. The third kappa shape index (κ3) is 5.56. The fourth-order valence-electron chi connectivity index (χ4n) is 7.04. The summed E-state index contributed by atoms with van der Waals surface area (Å²) in [5.41, 5.74) is 6.66. The number of aromatic nitrogens is 2. The van der Waals surface area contributed by atoms with Gasteiger partial charge in [0.1, 0.15) is 17.4 Å². The SMILES string of the molecule is COc1cc(C2CCN(C)CC2)ccc1Cc1ncc2c(n1)N(C1CCCCC1)C(=O)N(c1c(C)cccc1C)C2. The highest BCUT2D eigenvalue weighted by molar-refractivity contribution is 6.06. The maximum Gasteiger partial charge on any atom is 0.330 e. The molecular weight excluding hydrogens is 510 g/mol. The number of fused-ring (bicyclic) bond motifs is 1. The number of carbonyl (C=O) groups excluding carboxylic acids is 1. The standard InChI is InChI=1S/C34H43N5O2/c1-23-9-8-10-24(2)32(23)38-22-28-21-35-31(36-33(28)39(34(38)40)29-11-6-5-7-12-29)20-27-14-13-26(19-30(27)41-4)25-15-17-37(3)18-16-25/h8-10,13-14,19,21,25,29H,5-7,11-12,15-18,20,22H2,1-4H3. The van der Waals surface area contributed by atoms with Gasteiger partial charge in [0, 0.05) is 29.8 Å². The van der Waals surface area contributed by atoms with Crippen molar-refractivity contribution in [3.63, 3.8) is 0 Å². The molecule has 7 nitrogen and oxygen atoms in total. The van der Waals surface area contributed by atoms with Crippen LogP contribution in [0.4, 0.5) is 16.3 Å². The Kier molecular flexibility index (Phi) is 7.98. The molecule has 1 aliphatic carbocycles. The van der Waals surface area contributed by atoms with Crippen molar-refractivity contribution in [2.45, 2.75) is 83.7 Å². The van der Waals surface area contributed by atoms with Gasteiger partial charge >= 0.3 is 6.03 Å². The Morgan fingerprint density at radius 2 is 1.71 bits per heavy atom. The van der Waals surface area contributed by atoms with Crippen LogP contribution in [-0.4, -0.2) is 54.2 Å². The maximum atomic E-state index is 14.2. The highest BCUT2D eigenvalue weighted by Gasteiger charge is 2.38. The van der Waals surface area contributed by atoms with E-state index in [4.69, 9.17) is 14.7 Å². The minimum Gasteiger partial charge on any atom is -0.496 e. The number of anilines is 2. The average molecular weight is 554 g/mol. The second kappa shape index (κ2) is 11.8. The molecule has 3 aliphatic rings. The summed E-state index contributed by atoms with van der Waals surface area (Å²) in [4.78, 5) is 30.5. The van der Waals surface area contributed by atoms with Crippen molar-refractivity contribution < 1.29 is 9.53 Å². The monoisotopic (exact) mass is 553 g/mol. The van der Waals surface area contributed by atoms with Gasteiger partial charge in [-0.3, -0.25) is 9.80 Å². The lowest BCUT2D eigenvalue weighted by Gasteiger charge is -2.42. The van der Waals surface area contributed by atoms with Gasteiger partial charge in [0.05, 0.1) is 19.3 Å². The van der Waals surface area contributed by atoms with Crippen LogP contribution in [0.5, 0.6) is 5.75 Å². The van der Waals surface area contributed by atoms with Crippen LogP contribution in [0.1, 0.15) is 84.5 Å². The highest BCUT2D eigenvalue weighted by atomic mass is 16.5. The van der Waals surface area contributed by atoms with E-state index in [-0.39, 0.29) is 12.1 Å². The van der Waals surface area contributed by atoms with Crippen LogP contribution < -0.4 is 14.5 Å². The first-order valence-corrected chi connectivity index (χ1v) is 15.3. The zero-order valence-corrected chi connectivity index (χ0v) is 25.0. The molecule has 1 aromatic heterocycles. The summed E-state index contributed by atoms with van der Waals surface area (Å²) in [7, 11) is 3.94. The van der Waals surface area contributed by atoms with Gasteiger partial charge in [-0.05, 0) is 88.3 Å². The van der Waals surface area contributed by atoms with E-state index in [1.165, 1.54) is 24.8 Å². The van der Waals surface area contributed by atoms with Gasteiger partial charge in [-0.15, -0.1) is 0 Å². The number of likely N-dealkylation sites (tertiary alicyclic amines) is 1. The molecule has 3 aromatic rings. The van der Waals surface area contributed by atoms with Crippen LogP contribution in [0.2, 0.25) is 0 Å². The molecule has 216 valence electrons. The number of aryl methyl sites for hydroxylation is 2. The number of carbonyl (C=O) groups is 1. The third-order valence-electron chi connectivity index (χ3n) is 9.38. The number of hydrogen-bond donors (Lipinski definition) is 0. The summed E-state index contributed by atoms with van der Waals surface area (Å²) in [6.07, 6.45) is 10.4. The summed E-state index contributed by atoms with van der Waals surface area (Å²) in [6.45, 7) is 6.92. The molecule has 0 N–H and O–H groups in total. The molecule has 0 spiro atoms. The quantitative estimate of drug-likeness (QED) is 0.337. The lowest BCUT2D eigenvalue weighted by molar-refractivity contribution is 0.244. The predicted octanol–water partition coefficient (Wildman–Crippen LogP) is 6.78. The van der Waals surface area contributed by atoms with Gasteiger partial charge in [-0.1, -0.05) is 49.6 Å². The van der Waals surface area contributed by atoms with E-state index in [9.17, 15) is 4.79 Å². The number of amides is 2. The maximum absolute atomic E-state index is 14.2. The van der Waals surface area contributed by atoms with Gasteiger partial charge in [0.2, 0.25) is 0 Å². The van der Waals surface area contributed by atoms with Gasteiger partial charge in [0.25, 0.3) is 0 Å². The number of methoxy groups -OCH3 is 1. The summed E-state index contributed by atoms with van der Waals surface area (Å²) in [5, 5.41) is 0. The molecule has 2 aliphatic heterocycles. The normalized spacial score (nSPS) is 19.0. The van der Waals surface area contributed by atoms with Crippen LogP contribution in [0, 0.1) is 13.8 Å². The number of para-hydroxylation sites is 1. The fourth-order valence-corrected chi connectivity index (χ4v) is 7.04. The Labute approximate surface area is 244 Å². The van der Waals surface area contributed by atoms with Crippen LogP contribution in [0.15, 0.2) is 42.6 Å². The van der Waals surface area contributed by atoms with Crippen molar-refractivity contribution in [3.05, 3.63) is 76.2 Å². The largest absolute Gasteiger partial charge is 0.496 e. The first-order valence-electron chi connectivity index (χ1n) is 15.3. The average Bonchev–Trinajstić information content (AvgIpc) is 2.98. The summed E-state index contributed by atoms with van der Waals surface area (Å²) in [6, 6.07) is 13.1. The first-order chi connectivity index (χ1) is 19.9. The highest BCUT2D eigenvalue weighted by Crippen LogP contribution is 2.38. The lowest BCUT2D eigenvalue weighted by Crippen LogP contribution is -2.53. The van der Waals surface area contributed by atoms with Crippen LogP contribution in [0.25, 0.3) is 0 Å². The molecule has 6 rings (SSSR count). The fraction of sp³-hybridized carbons (Fsp3) is 0.500. The van der Waals surface area contributed by atoms with Gasteiger partial charge < -0.3 is 9.64 Å². The van der Waals surface area contributed by atoms with E-state index in [1.54, 1.807) is 7.11 Å². The van der Waals surface area contributed by atoms with E-state index >= 15 is 0 Å². The summed E-state index contributed by atoms with van der Waals surface area (Å²) >= 11 is 0. The molecule has 2 amide bonds. The molecule has 0 unspecified atom stereocenters. The van der Waals surface area contributed by atoms with Gasteiger partial charge in [-0.2, -0.15) is 0 Å². The molecular formula is C34H43N5O2. The van der Waals surface area contributed by atoms with E-state index < -0.39 is 0 Å². The van der Waals surface area contributed by atoms with E-state index in [2.05, 4.69) is 62.2 Å². The van der Waals surface area contributed by atoms with Gasteiger partial charge in [-0.25, -0.2) is 14.8 Å². The minimum absolute atomic E-state index is 0.0338. The molecule has 2 aromatic carbocycles. The van der Waals surface area contributed by atoms with E-state index in [0.29, 0.717) is 18.9 Å². The Morgan fingerprint density at radius 3 is 2.41 bits per heavy atom. The second-order valence-electron chi connectivity index (χ2n) is 12.2. The third-order valence-corrected chi connectivity index (χ3v) is 9.38. The van der Waals surface area contributed by atoms with Crippen molar-refractivity contribution in [3.8, 4) is 5.75 Å². The number of nitrogens with zero attached hydrogens (tertiary/aromatic N) is 5. The molecule has 0 atom stereocenters. The smallest absolute Gasteiger partial charge is 0.330 e. The first kappa shape index (κ1) is 27.7. The topological polar surface area (TPSA) is 61.8 Å². The van der Waals surface area contributed by atoms with Crippen LogP contribution >= 0.6 is 0 Å². The molecule has 3 heterocycles. The van der Waals surface area contributed by atoms with Crippen molar-refractivity contribution in [1.82, 2.24) is 14.9 Å². The zero-order valence-electron chi connectivity index (χ0n) is 25.0. The molecule has 2 fully saturated rings. The Balaban J connectivity index is 1.32. The Bertz CT molecular complexity index is 1390. The Hall–Kier alpha value is -3.45. The van der Waals surface area contributed by atoms with Crippen LogP contribution in [-0.2, 0) is 13.0 Å². The van der Waals surface area contributed by atoms with E-state index in [0.717, 1.165) is 84.1 Å². The van der Waals surface area contributed by atoms with E-state index in [1.807, 2.05) is 16.0 Å². The second-order valence-corrected chi connectivity index (χ2v) is 12.2. The number of hydrogen-bond acceptors (Lipinski definition) is 5. The zero-order chi connectivity index (χ0) is 28.5. The molecule has 0 radical (unpaired) electrons. The molecule has 7 heteroatoms. The number of ether oxygens (including phenoxy) is 1. The lowest BCUT2D eigenvalue weighted by atomic mass is 9.88. The predicted molar refractivity (Wildman–Crippen MR) is 164 cm³/mol. The number of urea groups is 1. The van der Waals surface area contributed by atoms with Crippen molar-refractivity contribution in [2.24, 2.45) is 0 Å². The van der Waals surface area contributed by atoms with Crippen molar-refractivity contribution in [2.75, 3.05) is 37.0 Å². The molecule has 1 saturated carbocycles. The number of benzene rings is 2. The van der Waals surface area contributed by atoms with Crippen molar-refractivity contribution in [1.29, 1.82) is 0 Å².